The number of thiophene rings is 1. The zero-order valence-corrected chi connectivity index (χ0v) is 14.9. The molecule has 5 nitrogen and oxygen atoms in total. The van der Waals surface area contributed by atoms with E-state index in [1.807, 2.05) is 17.5 Å². The van der Waals surface area contributed by atoms with Crippen molar-refractivity contribution >= 4 is 62.5 Å². The minimum Gasteiger partial charge on any atom is -0.298 e. The van der Waals surface area contributed by atoms with Gasteiger partial charge in [0.25, 0.3) is 5.91 Å². The smallest absolute Gasteiger partial charge is 0.270 e. The van der Waals surface area contributed by atoms with E-state index < -0.39 is 0 Å². The van der Waals surface area contributed by atoms with E-state index in [4.69, 9.17) is 12.2 Å². The molecule has 0 aliphatic carbocycles. The molecule has 0 unspecified atom stereocenters. The topological polar surface area (TPSA) is 70.2 Å². The molecule has 0 bridgehead atoms. The first-order chi connectivity index (χ1) is 11.1. The van der Waals surface area contributed by atoms with Gasteiger partial charge < -0.3 is 0 Å². The van der Waals surface area contributed by atoms with E-state index in [0.29, 0.717) is 10.0 Å². The number of hydrogen-bond acceptors (Lipinski definition) is 4. The van der Waals surface area contributed by atoms with Crippen LogP contribution in [0.1, 0.15) is 15.2 Å². The summed E-state index contributed by atoms with van der Waals surface area (Å²) in [5.41, 5.74) is 5.35. The molecule has 118 valence electrons. The van der Waals surface area contributed by atoms with Crippen LogP contribution in [0.4, 0.5) is 0 Å². The monoisotopic (exact) mass is 409 g/mol. The van der Waals surface area contributed by atoms with Gasteiger partial charge in [0.2, 0.25) is 5.91 Å². The maximum Gasteiger partial charge on any atom is 0.270 e. The van der Waals surface area contributed by atoms with Crippen LogP contribution in [0.2, 0.25) is 0 Å². The second kappa shape index (κ2) is 8.56. The lowest BCUT2D eigenvalue weighted by atomic mass is 10.2. The summed E-state index contributed by atoms with van der Waals surface area (Å²) in [5, 5.41) is 4.36. The SMILES string of the molecule is O=C(C=Cc1cccs1)NC(=S)NNC(=O)c1ccccc1Br. The molecule has 0 atom stereocenters. The highest BCUT2D eigenvalue weighted by Crippen LogP contribution is 2.15. The van der Waals surface area contributed by atoms with E-state index >= 15 is 0 Å². The molecule has 0 aliphatic rings. The number of hydrogen-bond donors (Lipinski definition) is 3. The van der Waals surface area contributed by atoms with Crippen LogP contribution in [0, 0.1) is 0 Å². The highest BCUT2D eigenvalue weighted by Gasteiger charge is 2.09. The van der Waals surface area contributed by atoms with Crippen molar-refractivity contribution in [1.82, 2.24) is 16.2 Å². The molecule has 8 heteroatoms. The molecule has 0 aliphatic heterocycles. The van der Waals surface area contributed by atoms with Crippen LogP contribution in [0.3, 0.4) is 0 Å². The van der Waals surface area contributed by atoms with Crippen LogP contribution in [0.5, 0.6) is 0 Å². The molecule has 1 aromatic heterocycles. The molecule has 2 amide bonds. The first kappa shape index (κ1) is 17.3. The minimum absolute atomic E-state index is 0.00577. The fourth-order valence-corrected chi connectivity index (χ4v) is 2.79. The summed E-state index contributed by atoms with van der Waals surface area (Å²) in [6.45, 7) is 0. The second-order valence-electron chi connectivity index (χ2n) is 4.23. The Labute approximate surface area is 150 Å². The van der Waals surface area contributed by atoms with Crippen molar-refractivity contribution in [2.45, 2.75) is 0 Å². The molecular weight excluding hydrogens is 398 g/mol. The Hall–Kier alpha value is -2.03. The van der Waals surface area contributed by atoms with E-state index in [1.165, 1.54) is 17.4 Å². The standard InChI is InChI=1S/C15H12BrN3O2S2/c16-12-6-2-1-5-11(12)14(21)18-19-15(22)17-13(20)8-7-10-4-3-9-23-10/h1-9H,(H,18,21)(H2,17,19,20,22). The summed E-state index contributed by atoms with van der Waals surface area (Å²) < 4.78 is 0.660. The van der Waals surface area contributed by atoms with E-state index in [2.05, 4.69) is 32.1 Å². The third-order valence-corrected chi connectivity index (χ3v) is 4.32. The molecule has 0 saturated carbocycles. The predicted molar refractivity (Wildman–Crippen MR) is 98.8 cm³/mol. The van der Waals surface area contributed by atoms with Crippen LogP contribution >= 0.6 is 39.5 Å². The molecule has 0 radical (unpaired) electrons. The van der Waals surface area contributed by atoms with Gasteiger partial charge in [0.1, 0.15) is 0 Å². The molecule has 2 rings (SSSR count). The first-order valence-electron chi connectivity index (χ1n) is 6.43. The summed E-state index contributed by atoms with van der Waals surface area (Å²) in [6.07, 6.45) is 3.05. The summed E-state index contributed by atoms with van der Waals surface area (Å²) in [7, 11) is 0. The lowest BCUT2D eigenvalue weighted by Crippen LogP contribution is -2.48. The Balaban J connectivity index is 1.80. The highest BCUT2D eigenvalue weighted by molar-refractivity contribution is 9.10. The zero-order valence-electron chi connectivity index (χ0n) is 11.7. The summed E-state index contributed by atoms with van der Waals surface area (Å²) in [6, 6.07) is 10.7. The van der Waals surface area contributed by atoms with Gasteiger partial charge in [-0.3, -0.25) is 25.8 Å². The Bertz CT molecular complexity index is 745. The van der Waals surface area contributed by atoms with Crippen molar-refractivity contribution in [1.29, 1.82) is 0 Å². The summed E-state index contributed by atoms with van der Waals surface area (Å²) in [5.74, 6) is -0.755. The normalized spacial score (nSPS) is 10.3. The number of amides is 2. The van der Waals surface area contributed by atoms with Crippen molar-refractivity contribution in [2.75, 3.05) is 0 Å². The summed E-state index contributed by atoms with van der Waals surface area (Å²) in [4.78, 5) is 24.6. The lowest BCUT2D eigenvalue weighted by Gasteiger charge is -2.10. The van der Waals surface area contributed by atoms with Gasteiger partial charge in [-0.25, -0.2) is 0 Å². The number of benzene rings is 1. The average molecular weight is 410 g/mol. The fourth-order valence-electron chi connectivity index (χ4n) is 1.55. The van der Waals surface area contributed by atoms with Crippen LogP contribution < -0.4 is 16.2 Å². The van der Waals surface area contributed by atoms with Crippen LogP contribution in [0.25, 0.3) is 6.08 Å². The van der Waals surface area contributed by atoms with Gasteiger partial charge in [-0.2, -0.15) is 0 Å². The van der Waals surface area contributed by atoms with Gasteiger partial charge in [-0.1, -0.05) is 18.2 Å². The highest BCUT2D eigenvalue weighted by atomic mass is 79.9. The third kappa shape index (κ3) is 5.59. The number of carbonyl (C=O) groups is 2. The van der Waals surface area contributed by atoms with Gasteiger partial charge in [-0.05, 0) is 57.8 Å². The minimum atomic E-state index is -0.383. The number of rotatable bonds is 3. The average Bonchev–Trinajstić information content (AvgIpc) is 3.04. The third-order valence-electron chi connectivity index (χ3n) is 2.59. The van der Waals surface area contributed by atoms with E-state index in [9.17, 15) is 9.59 Å². The first-order valence-corrected chi connectivity index (χ1v) is 8.52. The van der Waals surface area contributed by atoms with Crippen molar-refractivity contribution in [2.24, 2.45) is 0 Å². The van der Waals surface area contributed by atoms with Gasteiger partial charge in [0.15, 0.2) is 5.11 Å². The van der Waals surface area contributed by atoms with Crippen molar-refractivity contribution in [3.8, 4) is 0 Å². The number of nitrogens with one attached hydrogen (secondary N) is 3. The molecule has 1 aromatic carbocycles. The Morgan fingerprint density at radius 1 is 1.13 bits per heavy atom. The van der Waals surface area contributed by atoms with Crippen LogP contribution in [-0.4, -0.2) is 16.9 Å². The maximum atomic E-state index is 11.9. The predicted octanol–water partition coefficient (Wildman–Crippen LogP) is 2.86. The van der Waals surface area contributed by atoms with E-state index in [-0.39, 0.29) is 16.9 Å². The van der Waals surface area contributed by atoms with Crippen molar-refractivity contribution < 1.29 is 9.59 Å². The number of thiocarbonyl (C=S) groups is 1. The van der Waals surface area contributed by atoms with Gasteiger partial charge in [-0.15, -0.1) is 11.3 Å². The second-order valence-corrected chi connectivity index (χ2v) is 6.47. The van der Waals surface area contributed by atoms with Gasteiger partial charge in [0, 0.05) is 15.4 Å². The fraction of sp³-hybridized carbons (Fsp3) is 0. The maximum absolute atomic E-state index is 11.9. The Morgan fingerprint density at radius 2 is 1.91 bits per heavy atom. The zero-order chi connectivity index (χ0) is 16.7. The van der Waals surface area contributed by atoms with E-state index in [1.54, 1.807) is 30.3 Å². The largest absolute Gasteiger partial charge is 0.298 e. The molecule has 0 spiro atoms. The number of halogens is 1. The van der Waals surface area contributed by atoms with Crippen LogP contribution in [0.15, 0.2) is 52.3 Å². The molecule has 1 heterocycles. The number of hydrazine groups is 1. The molecular formula is C15H12BrN3O2S2. The molecule has 0 fully saturated rings. The van der Waals surface area contributed by atoms with Gasteiger partial charge in [0.05, 0.1) is 5.56 Å². The quantitative estimate of drug-likeness (QED) is 0.414. The van der Waals surface area contributed by atoms with Gasteiger partial charge >= 0.3 is 0 Å². The van der Waals surface area contributed by atoms with E-state index in [0.717, 1.165) is 4.88 Å². The molecule has 23 heavy (non-hydrogen) atoms. The number of carbonyl (C=O) groups excluding carboxylic acids is 2. The van der Waals surface area contributed by atoms with Crippen LogP contribution in [-0.2, 0) is 4.79 Å². The Morgan fingerprint density at radius 3 is 2.61 bits per heavy atom. The lowest BCUT2D eigenvalue weighted by molar-refractivity contribution is -0.115. The Kier molecular flexibility index (Phi) is 6.45. The van der Waals surface area contributed by atoms with Crippen molar-refractivity contribution in [3.63, 3.8) is 0 Å². The molecule has 3 N–H and O–H groups in total. The summed E-state index contributed by atoms with van der Waals surface area (Å²) >= 11 is 9.75. The molecule has 2 aromatic rings. The van der Waals surface area contributed by atoms with Crippen molar-refractivity contribution in [3.05, 3.63) is 62.8 Å². The molecule has 0 saturated heterocycles.